The Bertz CT molecular complexity index is 855. The lowest BCUT2D eigenvalue weighted by molar-refractivity contribution is 0.201. The molecule has 2 rings (SSSR count). The highest BCUT2D eigenvalue weighted by molar-refractivity contribution is 7.53. The van der Waals surface area contributed by atoms with Crippen molar-refractivity contribution >= 4 is 19.2 Å². The topological polar surface area (TPSA) is 172 Å². The van der Waals surface area contributed by atoms with Crippen molar-refractivity contribution in [2.75, 3.05) is 56.7 Å². The van der Waals surface area contributed by atoms with Gasteiger partial charge in [-0.1, -0.05) is 44.9 Å². The molecule has 208 valence electrons. The number of nitrogens with zero attached hydrogens (tertiary/aromatic N) is 1. The van der Waals surface area contributed by atoms with Crippen LogP contribution in [0.15, 0.2) is 4.79 Å². The molecule has 1 aromatic heterocycles. The predicted octanol–water partition coefficient (Wildman–Crippen LogP) is 2.95. The molecule has 12 heteroatoms. The fourth-order valence-electron chi connectivity index (χ4n) is 4.36. The van der Waals surface area contributed by atoms with Gasteiger partial charge in [0.05, 0.1) is 31.7 Å². The third kappa shape index (κ3) is 10.9. The molecule has 1 aliphatic rings. The highest BCUT2D eigenvalue weighted by Gasteiger charge is 2.29. The van der Waals surface area contributed by atoms with Gasteiger partial charge in [0.15, 0.2) is 0 Å². The van der Waals surface area contributed by atoms with Gasteiger partial charge in [-0.05, 0) is 26.2 Å². The van der Waals surface area contributed by atoms with Crippen molar-refractivity contribution in [1.29, 1.82) is 0 Å². The lowest BCUT2D eigenvalue weighted by Crippen LogP contribution is -2.37. The van der Waals surface area contributed by atoms with Crippen molar-refractivity contribution < 1.29 is 23.8 Å². The Morgan fingerprint density at radius 3 is 2.42 bits per heavy atom. The summed E-state index contributed by atoms with van der Waals surface area (Å²) in [7, 11) is -3.24. The van der Waals surface area contributed by atoms with Crippen molar-refractivity contribution in [1.82, 2.24) is 15.3 Å². The molecule has 0 saturated carbocycles. The number of nitrogens with one attached hydrogen (secondary N) is 3. The summed E-state index contributed by atoms with van der Waals surface area (Å²) in [5.74, 6) is 0.0179. The van der Waals surface area contributed by atoms with E-state index in [1.807, 2.05) is 0 Å². The van der Waals surface area contributed by atoms with Crippen LogP contribution in [0.4, 0.5) is 11.6 Å². The van der Waals surface area contributed by atoms with Crippen molar-refractivity contribution in [3.63, 3.8) is 0 Å². The van der Waals surface area contributed by atoms with Crippen molar-refractivity contribution in [3.8, 4) is 0 Å². The smallest absolute Gasteiger partial charge is 0.330 e. The fourth-order valence-corrected chi connectivity index (χ4v) is 6.13. The minimum atomic E-state index is -3.24. The number of anilines is 2. The van der Waals surface area contributed by atoms with Crippen LogP contribution in [-0.4, -0.2) is 71.9 Å². The van der Waals surface area contributed by atoms with Gasteiger partial charge in [-0.15, -0.1) is 0 Å². The first-order chi connectivity index (χ1) is 17.4. The summed E-state index contributed by atoms with van der Waals surface area (Å²) in [5.41, 5.74) is 6.44. The minimum absolute atomic E-state index is 0.0610. The van der Waals surface area contributed by atoms with Gasteiger partial charge in [0, 0.05) is 31.7 Å². The number of aliphatic hydroxyl groups excluding tert-OH is 2. The van der Waals surface area contributed by atoms with Crippen molar-refractivity contribution in [2.45, 2.75) is 83.1 Å². The second-order valence-corrected chi connectivity index (χ2v) is 11.5. The Labute approximate surface area is 214 Å². The molecule has 11 nitrogen and oxygen atoms in total. The molecule has 0 fully saturated rings. The number of unbranched alkanes of at least 4 members (excludes halogenated alkanes) is 8. The van der Waals surface area contributed by atoms with Crippen LogP contribution in [0.3, 0.4) is 0 Å². The molecule has 0 bridgehead atoms. The molecule has 0 saturated heterocycles. The van der Waals surface area contributed by atoms with E-state index in [9.17, 15) is 14.5 Å². The van der Waals surface area contributed by atoms with E-state index in [0.717, 1.165) is 32.1 Å². The first-order valence-corrected chi connectivity index (χ1v) is 15.1. The van der Waals surface area contributed by atoms with Gasteiger partial charge in [-0.2, -0.15) is 0 Å². The van der Waals surface area contributed by atoms with Gasteiger partial charge in [-0.3, -0.25) is 14.3 Å². The van der Waals surface area contributed by atoms with E-state index < -0.39 is 7.60 Å². The molecule has 2 unspecified atom stereocenters. The first-order valence-electron chi connectivity index (χ1n) is 13.4. The van der Waals surface area contributed by atoms with Crippen molar-refractivity contribution in [2.24, 2.45) is 0 Å². The van der Waals surface area contributed by atoms with Crippen LogP contribution in [0.5, 0.6) is 0 Å². The zero-order chi connectivity index (χ0) is 26.2. The third-order valence-corrected chi connectivity index (χ3v) is 8.45. The molecule has 3 atom stereocenters. The summed E-state index contributed by atoms with van der Waals surface area (Å²) in [6, 6.07) is -0.289. The number of hydrogen-bond acceptors (Lipinski definition) is 10. The fraction of sp³-hybridized carbons (Fsp3) is 0.833. The van der Waals surface area contributed by atoms with Crippen LogP contribution in [0, 0.1) is 0 Å². The first kappa shape index (κ1) is 30.7. The maximum absolute atomic E-state index is 13.1. The molecule has 1 aromatic rings. The highest BCUT2D eigenvalue weighted by Crippen LogP contribution is 2.49. The molecule has 0 aromatic carbocycles. The molecular formula is C24H46N5O6P. The number of H-pyrrole nitrogens is 1. The van der Waals surface area contributed by atoms with E-state index in [0.29, 0.717) is 44.1 Å². The molecule has 2 heterocycles. The Balaban J connectivity index is 1.68. The quantitative estimate of drug-likeness (QED) is 0.102. The second-order valence-electron chi connectivity index (χ2n) is 9.36. The molecule has 36 heavy (non-hydrogen) atoms. The summed E-state index contributed by atoms with van der Waals surface area (Å²) < 4.78 is 24.4. The van der Waals surface area contributed by atoms with Gasteiger partial charge in [0.25, 0.3) is 5.56 Å². The van der Waals surface area contributed by atoms with Crippen molar-refractivity contribution in [3.05, 3.63) is 16.0 Å². The van der Waals surface area contributed by atoms with E-state index in [4.69, 9.17) is 19.9 Å². The Kier molecular flexibility index (Phi) is 14.6. The van der Waals surface area contributed by atoms with E-state index >= 15 is 0 Å². The largest absolute Gasteiger partial charge is 0.396 e. The van der Waals surface area contributed by atoms with E-state index in [1.54, 1.807) is 6.92 Å². The number of aromatic nitrogens is 2. The number of aliphatic hydroxyl groups is 2. The SMILES string of the molecule is CCOP(=O)(CC[C@@H](CO)NCC1CNc2c1nc(N)[nH]c2=O)OCCCCCCCCCCCO. The molecule has 1 aliphatic heterocycles. The molecule has 0 amide bonds. The third-order valence-electron chi connectivity index (χ3n) is 6.42. The molecule has 7 N–H and O–H groups in total. The predicted molar refractivity (Wildman–Crippen MR) is 143 cm³/mol. The monoisotopic (exact) mass is 531 g/mol. The van der Waals surface area contributed by atoms with Crippen LogP contribution in [0.25, 0.3) is 0 Å². The summed E-state index contributed by atoms with van der Waals surface area (Å²) in [6.07, 6.45) is 10.4. The normalized spacial score (nSPS) is 17.5. The van der Waals surface area contributed by atoms with Gasteiger partial charge >= 0.3 is 7.60 Å². The lowest BCUT2D eigenvalue weighted by Gasteiger charge is -2.22. The summed E-state index contributed by atoms with van der Waals surface area (Å²) in [5, 5.41) is 25.0. The summed E-state index contributed by atoms with van der Waals surface area (Å²) in [6.45, 7) is 3.70. The number of nitrogen functional groups attached to an aromatic ring is 1. The zero-order valence-corrected chi connectivity index (χ0v) is 22.6. The van der Waals surface area contributed by atoms with Crippen LogP contribution in [-0.2, 0) is 13.6 Å². The maximum Gasteiger partial charge on any atom is 0.330 e. The Morgan fingerprint density at radius 2 is 1.78 bits per heavy atom. The summed E-state index contributed by atoms with van der Waals surface area (Å²) in [4.78, 5) is 18.7. The van der Waals surface area contributed by atoms with E-state index in [2.05, 4.69) is 20.6 Å². The number of hydrogen-bond donors (Lipinski definition) is 6. The van der Waals surface area contributed by atoms with Crippen LogP contribution in [0.2, 0.25) is 0 Å². The average Bonchev–Trinajstić information content (AvgIpc) is 3.26. The molecular weight excluding hydrogens is 485 g/mol. The standard InChI is InChI=1S/C24H46N5O6P/c1-2-34-36(33,35-14-11-9-7-5-3-4-6-8-10-13-30)15-12-20(18-31)26-16-19-17-27-22-21(19)28-24(25)29-23(22)32/h19-20,26-27,30-31H,2-18H2,1H3,(H3,25,28,29,32)/t19?,20-,36?/m0/s1. The van der Waals surface area contributed by atoms with Gasteiger partial charge < -0.3 is 35.6 Å². The van der Waals surface area contributed by atoms with Gasteiger partial charge in [0.1, 0.15) is 5.69 Å². The lowest BCUT2D eigenvalue weighted by atomic mass is 10.1. The average molecular weight is 532 g/mol. The van der Waals surface area contributed by atoms with Crippen LogP contribution in [0.1, 0.15) is 82.7 Å². The molecule has 0 radical (unpaired) electrons. The number of nitrogens with two attached hydrogens (primary N) is 1. The minimum Gasteiger partial charge on any atom is -0.396 e. The Hall–Kier alpha value is -1.49. The van der Waals surface area contributed by atoms with E-state index in [1.165, 1.54) is 25.7 Å². The zero-order valence-electron chi connectivity index (χ0n) is 21.7. The second kappa shape index (κ2) is 17.1. The summed E-state index contributed by atoms with van der Waals surface area (Å²) >= 11 is 0. The Morgan fingerprint density at radius 1 is 1.11 bits per heavy atom. The number of aromatic amines is 1. The van der Waals surface area contributed by atoms with Crippen LogP contribution < -0.4 is 21.9 Å². The molecule has 0 spiro atoms. The number of fused-ring (bicyclic) bond motifs is 1. The maximum atomic E-state index is 13.1. The van der Waals surface area contributed by atoms with Gasteiger partial charge in [-0.25, -0.2) is 4.98 Å². The van der Waals surface area contributed by atoms with Crippen LogP contribution >= 0.6 is 7.60 Å². The molecule has 0 aliphatic carbocycles. The highest BCUT2D eigenvalue weighted by atomic mass is 31.2. The van der Waals surface area contributed by atoms with E-state index in [-0.39, 0.29) is 42.8 Å². The van der Waals surface area contributed by atoms with Gasteiger partial charge in [0.2, 0.25) is 5.95 Å². The number of rotatable bonds is 21.